The second-order valence-corrected chi connectivity index (χ2v) is 5.94. The summed E-state index contributed by atoms with van der Waals surface area (Å²) in [5, 5.41) is 0.365. The van der Waals surface area contributed by atoms with Crippen LogP contribution >= 0.6 is 11.6 Å². The van der Waals surface area contributed by atoms with Gasteiger partial charge < -0.3 is 9.32 Å². The van der Waals surface area contributed by atoms with Gasteiger partial charge in [0.15, 0.2) is 0 Å². The van der Waals surface area contributed by atoms with Crippen molar-refractivity contribution in [2.45, 2.75) is 38.3 Å². The molecule has 0 aliphatic heterocycles. The second kappa shape index (κ2) is 6.53. The maximum atomic E-state index is 13.9. The van der Waals surface area contributed by atoms with Crippen LogP contribution in [0.2, 0.25) is 5.02 Å². The van der Waals surface area contributed by atoms with E-state index in [1.807, 2.05) is 6.07 Å². The molecule has 0 spiro atoms. The summed E-state index contributed by atoms with van der Waals surface area (Å²) in [6, 6.07) is 8.46. The van der Waals surface area contributed by atoms with Gasteiger partial charge in [0.05, 0.1) is 12.8 Å². The summed E-state index contributed by atoms with van der Waals surface area (Å²) in [4.78, 5) is 14.2. The van der Waals surface area contributed by atoms with Crippen LogP contribution in [0.4, 0.5) is 4.39 Å². The van der Waals surface area contributed by atoms with Crippen LogP contribution in [0.5, 0.6) is 0 Å². The minimum absolute atomic E-state index is 0.0122. The van der Waals surface area contributed by atoms with Crippen LogP contribution in [0.15, 0.2) is 41.0 Å². The van der Waals surface area contributed by atoms with Crippen molar-refractivity contribution in [3.63, 3.8) is 0 Å². The van der Waals surface area contributed by atoms with Crippen LogP contribution in [0, 0.1) is 5.82 Å². The third-order valence-corrected chi connectivity index (χ3v) is 4.22. The van der Waals surface area contributed by atoms with Gasteiger partial charge in [-0.25, -0.2) is 4.39 Å². The molecule has 2 aromatic rings. The number of carbonyl (C=O) groups is 1. The molecule has 3 nitrogen and oxygen atoms in total. The zero-order chi connectivity index (χ0) is 15.5. The summed E-state index contributed by atoms with van der Waals surface area (Å²) < 4.78 is 19.2. The lowest BCUT2D eigenvalue weighted by atomic mass is 10.1. The molecule has 116 valence electrons. The zero-order valence-electron chi connectivity index (χ0n) is 12.1. The van der Waals surface area contributed by atoms with Crippen LogP contribution in [0.3, 0.4) is 0 Å². The Kier molecular flexibility index (Phi) is 4.48. The highest BCUT2D eigenvalue weighted by atomic mass is 35.5. The SMILES string of the molecule is O=C(CCc1ccco1)N(Cc1c(F)cccc1Cl)C1CC1. The third-order valence-electron chi connectivity index (χ3n) is 3.86. The molecule has 5 heteroatoms. The van der Waals surface area contributed by atoms with Gasteiger partial charge in [0.1, 0.15) is 11.6 Å². The normalized spacial score (nSPS) is 14.1. The molecule has 0 N–H and O–H groups in total. The van der Waals surface area contributed by atoms with E-state index in [2.05, 4.69) is 0 Å². The molecule has 3 rings (SSSR count). The van der Waals surface area contributed by atoms with Crippen LogP contribution in [-0.4, -0.2) is 16.8 Å². The second-order valence-electron chi connectivity index (χ2n) is 5.53. The Balaban J connectivity index is 1.68. The molecular weight excluding hydrogens is 305 g/mol. The predicted molar refractivity (Wildman–Crippen MR) is 82.0 cm³/mol. The first-order valence-corrected chi connectivity index (χ1v) is 7.77. The molecule has 1 saturated carbocycles. The first-order valence-electron chi connectivity index (χ1n) is 7.40. The van der Waals surface area contributed by atoms with Gasteiger partial charge in [-0.15, -0.1) is 0 Å². The summed E-state index contributed by atoms with van der Waals surface area (Å²) in [7, 11) is 0. The molecule has 1 fully saturated rings. The van der Waals surface area contributed by atoms with E-state index in [0.29, 0.717) is 23.4 Å². The standard InChI is InChI=1S/C17H17ClFNO2/c18-15-4-1-5-16(19)14(15)11-20(12-6-7-12)17(21)9-8-13-3-2-10-22-13/h1-5,10,12H,6-9,11H2. The average molecular weight is 322 g/mol. The molecule has 1 aliphatic rings. The Hall–Kier alpha value is -1.81. The molecule has 0 radical (unpaired) electrons. The summed E-state index contributed by atoms with van der Waals surface area (Å²) in [5.41, 5.74) is 0.391. The van der Waals surface area contributed by atoms with Gasteiger partial charge in [-0.3, -0.25) is 4.79 Å². The molecule has 1 amide bonds. The zero-order valence-corrected chi connectivity index (χ0v) is 12.9. The van der Waals surface area contributed by atoms with Gasteiger partial charge in [0.25, 0.3) is 0 Å². The Morgan fingerprint density at radius 2 is 2.14 bits per heavy atom. The van der Waals surface area contributed by atoms with Crippen molar-refractivity contribution in [1.82, 2.24) is 4.90 Å². The number of aryl methyl sites for hydroxylation is 1. The lowest BCUT2D eigenvalue weighted by Crippen LogP contribution is -2.33. The van der Waals surface area contributed by atoms with Crippen LogP contribution in [-0.2, 0) is 17.8 Å². The van der Waals surface area contributed by atoms with Gasteiger partial charge in [0.2, 0.25) is 5.91 Å². The first kappa shape index (κ1) is 15.1. The molecule has 22 heavy (non-hydrogen) atoms. The van der Waals surface area contributed by atoms with E-state index in [9.17, 15) is 9.18 Å². The molecule has 0 unspecified atom stereocenters. The predicted octanol–water partition coefficient (Wildman–Crippen LogP) is 4.20. The quantitative estimate of drug-likeness (QED) is 0.799. The van der Waals surface area contributed by atoms with Gasteiger partial charge in [-0.2, -0.15) is 0 Å². The number of amides is 1. The van der Waals surface area contributed by atoms with E-state index in [-0.39, 0.29) is 24.3 Å². The molecule has 1 aromatic heterocycles. The maximum absolute atomic E-state index is 13.9. The minimum atomic E-state index is -0.364. The fraction of sp³-hybridized carbons (Fsp3) is 0.353. The molecule has 0 bridgehead atoms. The Morgan fingerprint density at radius 1 is 1.32 bits per heavy atom. The number of carbonyl (C=O) groups excluding carboxylic acids is 1. The van der Waals surface area contributed by atoms with Gasteiger partial charge >= 0.3 is 0 Å². The lowest BCUT2D eigenvalue weighted by molar-refractivity contribution is -0.132. The molecular formula is C17H17ClFNO2. The minimum Gasteiger partial charge on any atom is -0.469 e. The Bertz CT molecular complexity index is 632. The maximum Gasteiger partial charge on any atom is 0.223 e. The highest BCUT2D eigenvalue weighted by Crippen LogP contribution is 2.31. The summed E-state index contributed by atoms with van der Waals surface area (Å²) >= 11 is 6.07. The summed E-state index contributed by atoms with van der Waals surface area (Å²) in [6.07, 6.45) is 4.45. The van der Waals surface area contributed by atoms with Crippen molar-refractivity contribution in [3.05, 3.63) is 58.8 Å². The Morgan fingerprint density at radius 3 is 2.77 bits per heavy atom. The molecule has 1 aliphatic carbocycles. The first-order chi connectivity index (χ1) is 10.6. The van der Waals surface area contributed by atoms with Crippen molar-refractivity contribution in [3.8, 4) is 0 Å². The fourth-order valence-corrected chi connectivity index (χ4v) is 2.71. The number of furan rings is 1. The number of halogens is 2. The van der Waals surface area contributed by atoms with Crippen molar-refractivity contribution < 1.29 is 13.6 Å². The van der Waals surface area contributed by atoms with E-state index in [4.69, 9.17) is 16.0 Å². The lowest BCUT2D eigenvalue weighted by Gasteiger charge is -2.23. The van der Waals surface area contributed by atoms with E-state index in [1.54, 1.807) is 29.4 Å². The van der Waals surface area contributed by atoms with Gasteiger partial charge in [0, 0.05) is 29.5 Å². The van der Waals surface area contributed by atoms with E-state index < -0.39 is 0 Å². The van der Waals surface area contributed by atoms with Gasteiger partial charge in [-0.1, -0.05) is 17.7 Å². The van der Waals surface area contributed by atoms with Crippen molar-refractivity contribution in [1.29, 1.82) is 0 Å². The smallest absolute Gasteiger partial charge is 0.223 e. The topological polar surface area (TPSA) is 33.5 Å². The van der Waals surface area contributed by atoms with E-state index in [1.165, 1.54) is 6.07 Å². The highest BCUT2D eigenvalue weighted by Gasteiger charge is 2.33. The van der Waals surface area contributed by atoms with Crippen molar-refractivity contribution >= 4 is 17.5 Å². The summed E-state index contributed by atoms with van der Waals surface area (Å²) in [5.74, 6) is 0.434. The number of rotatable bonds is 6. The highest BCUT2D eigenvalue weighted by molar-refractivity contribution is 6.31. The average Bonchev–Trinajstić information content (AvgIpc) is 3.20. The van der Waals surface area contributed by atoms with E-state index in [0.717, 1.165) is 18.6 Å². The largest absolute Gasteiger partial charge is 0.469 e. The number of hydrogen-bond acceptors (Lipinski definition) is 2. The van der Waals surface area contributed by atoms with Crippen molar-refractivity contribution in [2.75, 3.05) is 0 Å². The number of hydrogen-bond donors (Lipinski definition) is 0. The molecule has 0 atom stereocenters. The summed E-state index contributed by atoms with van der Waals surface area (Å²) in [6.45, 7) is 0.229. The molecule has 1 aromatic carbocycles. The Labute approximate surface area is 133 Å². The van der Waals surface area contributed by atoms with Crippen LogP contribution in [0.25, 0.3) is 0 Å². The number of benzene rings is 1. The van der Waals surface area contributed by atoms with Crippen LogP contribution < -0.4 is 0 Å². The van der Waals surface area contributed by atoms with E-state index >= 15 is 0 Å². The fourth-order valence-electron chi connectivity index (χ4n) is 2.49. The van der Waals surface area contributed by atoms with Crippen molar-refractivity contribution in [2.24, 2.45) is 0 Å². The van der Waals surface area contributed by atoms with Gasteiger partial charge in [-0.05, 0) is 37.1 Å². The molecule has 0 saturated heterocycles. The molecule has 1 heterocycles. The third kappa shape index (κ3) is 3.50. The monoisotopic (exact) mass is 321 g/mol. The number of nitrogens with zero attached hydrogens (tertiary/aromatic N) is 1. The van der Waals surface area contributed by atoms with Crippen LogP contribution in [0.1, 0.15) is 30.6 Å².